The lowest BCUT2D eigenvalue weighted by molar-refractivity contribution is -0.384. The van der Waals surface area contributed by atoms with Crippen molar-refractivity contribution in [2.24, 2.45) is 0 Å². The Morgan fingerprint density at radius 1 is 1.38 bits per heavy atom. The molecular formula is C13H14N2O6. The summed E-state index contributed by atoms with van der Waals surface area (Å²) in [5, 5.41) is 22.1. The van der Waals surface area contributed by atoms with E-state index < -0.39 is 29.0 Å². The molecule has 1 fully saturated rings. The molecule has 0 aliphatic carbocycles. The number of carbonyl (C=O) groups excluding carboxylic acids is 1. The van der Waals surface area contributed by atoms with Gasteiger partial charge in [0.05, 0.1) is 10.6 Å². The second kappa shape index (κ2) is 5.88. The van der Waals surface area contributed by atoms with Crippen LogP contribution >= 0.6 is 0 Å². The van der Waals surface area contributed by atoms with E-state index in [9.17, 15) is 19.7 Å². The first-order chi connectivity index (χ1) is 9.88. The number of carboxylic acids is 1. The predicted molar refractivity (Wildman–Crippen MR) is 72.0 cm³/mol. The smallest absolute Gasteiger partial charge is 0.332 e. The van der Waals surface area contributed by atoms with Gasteiger partial charge in [0.1, 0.15) is 6.10 Å². The molecule has 8 heteroatoms. The van der Waals surface area contributed by atoms with Gasteiger partial charge in [-0.05, 0) is 25.3 Å². The fourth-order valence-electron chi connectivity index (χ4n) is 2.08. The number of aryl methyl sites for hydroxylation is 1. The maximum Gasteiger partial charge on any atom is 0.332 e. The molecule has 1 amide bonds. The zero-order valence-electron chi connectivity index (χ0n) is 11.2. The zero-order valence-corrected chi connectivity index (χ0v) is 11.2. The van der Waals surface area contributed by atoms with Crippen molar-refractivity contribution in [2.75, 3.05) is 5.32 Å². The van der Waals surface area contributed by atoms with Gasteiger partial charge in [0, 0.05) is 12.1 Å². The summed E-state index contributed by atoms with van der Waals surface area (Å²) in [7, 11) is 0. The van der Waals surface area contributed by atoms with Crippen molar-refractivity contribution in [3.8, 4) is 0 Å². The van der Waals surface area contributed by atoms with E-state index in [1.165, 1.54) is 18.2 Å². The number of rotatable bonds is 4. The highest BCUT2D eigenvalue weighted by molar-refractivity contribution is 5.95. The molecule has 112 valence electrons. The average Bonchev–Trinajstić information content (AvgIpc) is 2.90. The molecule has 0 bridgehead atoms. The minimum Gasteiger partial charge on any atom is -0.479 e. The summed E-state index contributed by atoms with van der Waals surface area (Å²) in [6.45, 7) is 1.70. The third kappa shape index (κ3) is 3.34. The Bertz CT molecular complexity index is 600. The van der Waals surface area contributed by atoms with Gasteiger partial charge in [-0.1, -0.05) is 6.07 Å². The number of benzene rings is 1. The van der Waals surface area contributed by atoms with Crippen molar-refractivity contribution in [1.82, 2.24) is 0 Å². The van der Waals surface area contributed by atoms with Gasteiger partial charge in [-0.3, -0.25) is 14.9 Å². The molecular weight excluding hydrogens is 280 g/mol. The van der Waals surface area contributed by atoms with E-state index in [1.807, 2.05) is 0 Å². The Hall–Kier alpha value is -2.48. The fourth-order valence-corrected chi connectivity index (χ4v) is 2.08. The van der Waals surface area contributed by atoms with Crippen molar-refractivity contribution < 1.29 is 24.4 Å². The van der Waals surface area contributed by atoms with Gasteiger partial charge in [0.25, 0.3) is 11.6 Å². The Morgan fingerprint density at radius 3 is 2.62 bits per heavy atom. The molecule has 21 heavy (non-hydrogen) atoms. The van der Waals surface area contributed by atoms with Crippen LogP contribution in [0.1, 0.15) is 18.4 Å². The van der Waals surface area contributed by atoms with Gasteiger partial charge in [-0.25, -0.2) is 4.79 Å². The van der Waals surface area contributed by atoms with Crippen LogP contribution in [0.5, 0.6) is 0 Å². The van der Waals surface area contributed by atoms with Crippen LogP contribution in [0.2, 0.25) is 0 Å². The number of nitro groups is 1. The summed E-state index contributed by atoms with van der Waals surface area (Å²) in [6.07, 6.45) is -1.27. The second-order valence-electron chi connectivity index (χ2n) is 4.77. The van der Waals surface area contributed by atoms with E-state index in [0.29, 0.717) is 17.7 Å². The van der Waals surface area contributed by atoms with Gasteiger partial charge in [-0.15, -0.1) is 0 Å². The lowest BCUT2D eigenvalue weighted by atomic mass is 10.1. The molecule has 1 saturated heterocycles. The first kappa shape index (κ1) is 14.9. The highest BCUT2D eigenvalue weighted by Gasteiger charge is 2.34. The number of nitrogens with zero attached hydrogens (tertiary/aromatic N) is 1. The summed E-state index contributed by atoms with van der Waals surface area (Å²) in [5.41, 5.74) is 0.852. The van der Waals surface area contributed by atoms with Gasteiger partial charge >= 0.3 is 5.97 Å². The standard InChI is InChI=1S/C13H14N2O6/c1-7-2-3-8(15(19)20)6-9(7)14-12(16)10-4-5-11(21-10)13(17)18/h2-3,6,10-11H,4-5H2,1H3,(H,14,16)(H,17,18). The van der Waals surface area contributed by atoms with E-state index in [1.54, 1.807) is 6.92 Å². The molecule has 8 nitrogen and oxygen atoms in total. The molecule has 0 radical (unpaired) electrons. The van der Waals surface area contributed by atoms with Gasteiger partial charge in [0.15, 0.2) is 6.10 Å². The zero-order chi connectivity index (χ0) is 15.6. The predicted octanol–water partition coefficient (Wildman–Crippen LogP) is 1.47. The van der Waals surface area contributed by atoms with Crippen LogP contribution in [0, 0.1) is 17.0 Å². The molecule has 2 N–H and O–H groups in total. The van der Waals surface area contributed by atoms with Crippen molar-refractivity contribution in [1.29, 1.82) is 0 Å². The Balaban J connectivity index is 2.08. The summed E-state index contributed by atoms with van der Waals surface area (Å²) in [6, 6.07) is 4.14. The third-order valence-corrected chi connectivity index (χ3v) is 3.28. The molecule has 2 unspecified atom stereocenters. The van der Waals surface area contributed by atoms with Gasteiger partial charge in [-0.2, -0.15) is 0 Å². The lowest BCUT2D eigenvalue weighted by Gasteiger charge is -2.13. The van der Waals surface area contributed by atoms with E-state index in [0.717, 1.165) is 0 Å². The second-order valence-corrected chi connectivity index (χ2v) is 4.77. The molecule has 1 aliphatic heterocycles. The van der Waals surface area contributed by atoms with Crippen molar-refractivity contribution >= 4 is 23.3 Å². The van der Waals surface area contributed by atoms with Gasteiger partial charge in [0.2, 0.25) is 0 Å². The number of carboxylic acid groups (broad SMARTS) is 1. The summed E-state index contributed by atoms with van der Waals surface area (Å²) >= 11 is 0. The molecule has 0 aromatic heterocycles. The molecule has 0 saturated carbocycles. The van der Waals surface area contributed by atoms with E-state index in [2.05, 4.69) is 5.32 Å². The normalized spacial score (nSPS) is 21.0. The maximum atomic E-state index is 12.0. The van der Waals surface area contributed by atoms with Crippen LogP contribution in [-0.4, -0.2) is 34.1 Å². The molecule has 0 spiro atoms. The third-order valence-electron chi connectivity index (χ3n) is 3.28. The number of amides is 1. The highest BCUT2D eigenvalue weighted by atomic mass is 16.6. The SMILES string of the molecule is Cc1ccc([N+](=O)[O-])cc1NC(=O)C1CCC(C(=O)O)O1. The van der Waals surface area contributed by atoms with Crippen molar-refractivity contribution in [2.45, 2.75) is 32.0 Å². The monoisotopic (exact) mass is 294 g/mol. The minimum atomic E-state index is -1.10. The number of non-ortho nitro benzene ring substituents is 1. The number of carbonyl (C=O) groups is 2. The van der Waals surface area contributed by atoms with Crippen LogP contribution in [-0.2, 0) is 14.3 Å². The van der Waals surface area contributed by atoms with E-state index in [-0.39, 0.29) is 12.1 Å². The highest BCUT2D eigenvalue weighted by Crippen LogP contribution is 2.25. The number of hydrogen-bond acceptors (Lipinski definition) is 5. The van der Waals surface area contributed by atoms with Crippen LogP contribution in [0.3, 0.4) is 0 Å². The largest absolute Gasteiger partial charge is 0.479 e. The summed E-state index contributed by atoms with van der Waals surface area (Å²) in [5.74, 6) is -1.60. The number of nitrogens with one attached hydrogen (secondary N) is 1. The van der Waals surface area contributed by atoms with Crippen LogP contribution in [0.15, 0.2) is 18.2 Å². The number of anilines is 1. The molecule has 1 aromatic rings. The number of nitro benzene ring substituents is 1. The number of hydrogen-bond donors (Lipinski definition) is 2. The molecule has 2 atom stereocenters. The number of ether oxygens (including phenoxy) is 1. The maximum absolute atomic E-state index is 12.0. The quantitative estimate of drug-likeness (QED) is 0.641. The topological polar surface area (TPSA) is 119 Å². The van der Waals surface area contributed by atoms with E-state index in [4.69, 9.17) is 9.84 Å². The Labute approximate surface area is 119 Å². The summed E-state index contributed by atoms with van der Waals surface area (Å²) < 4.78 is 5.13. The van der Waals surface area contributed by atoms with E-state index >= 15 is 0 Å². The van der Waals surface area contributed by atoms with Crippen LogP contribution < -0.4 is 5.32 Å². The number of aliphatic carboxylic acids is 1. The fraction of sp³-hybridized carbons (Fsp3) is 0.385. The van der Waals surface area contributed by atoms with Gasteiger partial charge < -0.3 is 15.2 Å². The lowest BCUT2D eigenvalue weighted by Crippen LogP contribution is -2.30. The van der Waals surface area contributed by atoms with Crippen molar-refractivity contribution in [3.63, 3.8) is 0 Å². The van der Waals surface area contributed by atoms with Crippen molar-refractivity contribution in [3.05, 3.63) is 33.9 Å². The molecule has 1 heterocycles. The average molecular weight is 294 g/mol. The minimum absolute atomic E-state index is 0.133. The van der Waals surface area contributed by atoms with Crippen LogP contribution in [0.25, 0.3) is 0 Å². The summed E-state index contributed by atoms with van der Waals surface area (Å²) in [4.78, 5) is 33.0. The van der Waals surface area contributed by atoms with Crippen LogP contribution in [0.4, 0.5) is 11.4 Å². The first-order valence-electron chi connectivity index (χ1n) is 6.32. The molecule has 1 aromatic carbocycles. The Kier molecular flexibility index (Phi) is 4.18. The Morgan fingerprint density at radius 2 is 2.05 bits per heavy atom. The molecule has 2 rings (SSSR count). The molecule has 1 aliphatic rings. The first-order valence-corrected chi connectivity index (χ1v) is 6.32.